The zero-order valence-electron chi connectivity index (χ0n) is 12.9. The number of hydrogen-bond donors (Lipinski definition) is 0. The van der Waals surface area contributed by atoms with E-state index in [1.807, 2.05) is 6.07 Å². The maximum Gasteiger partial charge on any atom is 0.333 e. The second-order valence-corrected chi connectivity index (χ2v) is 5.47. The Morgan fingerprint density at radius 1 is 1.14 bits per heavy atom. The van der Waals surface area contributed by atoms with E-state index in [2.05, 4.69) is 54.5 Å². The molecule has 3 aromatic rings. The van der Waals surface area contributed by atoms with Gasteiger partial charge in [0.1, 0.15) is 6.61 Å². The number of nitrogens with zero attached hydrogens (tertiary/aromatic N) is 1. The molecule has 112 valence electrons. The van der Waals surface area contributed by atoms with E-state index in [4.69, 9.17) is 4.74 Å². The molecule has 0 aliphatic heterocycles. The molecule has 0 saturated carbocycles. The maximum atomic E-state index is 11.5. The van der Waals surface area contributed by atoms with Gasteiger partial charge in [-0.15, -0.1) is 0 Å². The molecule has 2 aromatic carbocycles. The van der Waals surface area contributed by atoms with Crippen molar-refractivity contribution in [3.63, 3.8) is 0 Å². The Morgan fingerprint density at radius 3 is 2.59 bits per heavy atom. The first kappa shape index (κ1) is 14.4. The molecule has 0 aliphatic rings. The fraction of sp³-hybridized carbons (Fsp3) is 0.211. The molecule has 0 N–H and O–H groups in total. The molecule has 0 fully saturated rings. The van der Waals surface area contributed by atoms with Crippen LogP contribution in [0.2, 0.25) is 0 Å². The molecule has 0 spiro atoms. The summed E-state index contributed by atoms with van der Waals surface area (Å²) in [5.74, 6) is -0.351. The maximum absolute atomic E-state index is 11.5. The monoisotopic (exact) mass is 293 g/mol. The van der Waals surface area contributed by atoms with Crippen molar-refractivity contribution in [1.82, 2.24) is 4.57 Å². The fourth-order valence-electron chi connectivity index (χ4n) is 2.80. The molecule has 0 bridgehead atoms. The summed E-state index contributed by atoms with van der Waals surface area (Å²) in [6.45, 7) is 8.59. The van der Waals surface area contributed by atoms with Gasteiger partial charge in [-0.3, -0.25) is 0 Å². The minimum atomic E-state index is -0.351. The molecule has 0 saturated heterocycles. The molecule has 0 unspecified atom stereocenters. The first-order valence-corrected chi connectivity index (χ1v) is 7.44. The molecule has 3 heteroatoms. The van der Waals surface area contributed by atoms with Gasteiger partial charge in [-0.25, -0.2) is 4.79 Å². The Hall–Kier alpha value is -2.55. The third-order valence-corrected chi connectivity index (χ3v) is 3.87. The summed E-state index contributed by atoms with van der Waals surface area (Å²) in [5, 5.41) is 2.42. The van der Waals surface area contributed by atoms with Crippen molar-refractivity contribution in [3.8, 4) is 0 Å². The summed E-state index contributed by atoms with van der Waals surface area (Å²) >= 11 is 0. The molecular formula is C19H19NO2. The SMILES string of the molecule is C=C(C)C(=O)OCc1ccc2c(c1)c1ccccc1n2CC. The van der Waals surface area contributed by atoms with Crippen LogP contribution in [0.25, 0.3) is 21.8 Å². The summed E-state index contributed by atoms with van der Waals surface area (Å²) in [5.41, 5.74) is 3.85. The van der Waals surface area contributed by atoms with Gasteiger partial charge < -0.3 is 9.30 Å². The zero-order valence-corrected chi connectivity index (χ0v) is 12.9. The molecule has 0 amide bonds. The number of ether oxygens (including phenoxy) is 1. The van der Waals surface area contributed by atoms with Crippen LogP contribution in [-0.2, 0) is 22.7 Å². The average Bonchev–Trinajstić information content (AvgIpc) is 2.85. The van der Waals surface area contributed by atoms with Crippen molar-refractivity contribution in [2.45, 2.75) is 27.0 Å². The van der Waals surface area contributed by atoms with Crippen molar-refractivity contribution in [2.24, 2.45) is 0 Å². The number of carbonyl (C=O) groups excluding carboxylic acids is 1. The smallest absolute Gasteiger partial charge is 0.333 e. The van der Waals surface area contributed by atoms with Crippen molar-refractivity contribution < 1.29 is 9.53 Å². The van der Waals surface area contributed by atoms with Crippen LogP contribution in [0.3, 0.4) is 0 Å². The predicted molar refractivity (Wildman–Crippen MR) is 89.7 cm³/mol. The Labute approximate surface area is 129 Å². The van der Waals surface area contributed by atoms with Crippen LogP contribution in [0.4, 0.5) is 0 Å². The van der Waals surface area contributed by atoms with E-state index in [9.17, 15) is 4.79 Å². The van der Waals surface area contributed by atoms with Gasteiger partial charge in [0.2, 0.25) is 0 Å². The average molecular weight is 293 g/mol. The van der Waals surface area contributed by atoms with Gasteiger partial charge in [-0.05, 0) is 37.6 Å². The number of hydrogen-bond acceptors (Lipinski definition) is 2. The summed E-state index contributed by atoms with van der Waals surface area (Å²) < 4.78 is 7.54. The molecule has 1 aromatic heterocycles. The molecule has 0 aliphatic carbocycles. The van der Waals surface area contributed by atoms with E-state index < -0.39 is 0 Å². The molecule has 0 radical (unpaired) electrons. The lowest BCUT2D eigenvalue weighted by Crippen LogP contribution is -2.04. The van der Waals surface area contributed by atoms with E-state index in [1.165, 1.54) is 21.8 Å². The van der Waals surface area contributed by atoms with E-state index in [1.54, 1.807) is 6.92 Å². The van der Waals surface area contributed by atoms with Crippen LogP contribution in [0, 0.1) is 0 Å². The Bertz CT molecular complexity index is 874. The van der Waals surface area contributed by atoms with Gasteiger partial charge in [0.05, 0.1) is 0 Å². The van der Waals surface area contributed by atoms with Crippen LogP contribution in [0.15, 0.2) is 54.6 Å². The number of para-hydroxylation sites is 1. The largest absolute Gasteiger partial charge is 0.457 e. The normalized spacial score (nSPS) is 11.0. The minimum absolute atomic E-state index is 0.271. The van der Waals surface area contributed by atoms with Crippen molar-refractivity contribution in [3.05, 3.63) is 60.2 Å². The Kier molecular flexibility index (Phi) is 3.72. The second kappa shape index (κ2) is 5.68. The molecule has 3 nitrogen and oxygen atoms in total. The third kappa shape index (κ3) is 2.39. The number of aromatic nitrogens is 1. The summed E-state index contributed by atoms with van der Waals surface area (Å²) in [4.78, 5) is 11.5. The number of carbonyl (C=O) groups is 1. The van der Waals surface area contributed by atoms with E-state index in [-0.39, 0.29) is 12.6 Å². The molecule has 0 atom stereocenters. The van der Waals surface area contributed by atoms with E-state index in [0.717, 1.165) is 12.1 Å². The summed E-state index contributed by atoms with van der Waals surface area (Å²) in [6.07, 6.45) is 0. The number of aryl methyl sites for hydroxylation is 1. The quantitative estimate of drug-likeness (QED) is 0.526. The number of benzene rings is 2. The van der Waals surface area contributed by atoms with Crippen LogP contribution < -0.4 is 0 Å². The Balaban J connectivity index is 2.04. The van der Waals surface area contributed by atoms with Gasteiger partial charge in [-0.2, -0.15) is 0 Å². The van der Waals surface area contributed by atoms with E-state index in [0.29, 0.717) is 5.57 Å². The van der Waals surface area contributed by atoms with Gasteiger partial charge >= 0.3 is 5.97 Å². The standard InChI is InChI=1S/C19H19NO2/c1-4-20-17-8-6-5-7-15(17)16-11-14(9-10-18(16)20)12-22-19(21)13(2)3/h5-11H,2,4,12H2,1,3H3. The first-order chi connectivity index (χ1) is 10.6. The van der Waals surface area contributed by atoms with Crippen LogP contribution in [0.5, 0.6) is 0 Å². The molecule has 3 rings (SSSR count). The van der Waals surface area contributed by atoms with Crippen molar-refractivity contribution >= 4 is 27.8 Å². The molecule has 1 heterocycles. The lowest BCUT2D eigenvalue weighted by atomic mass is 10.1. The number of fused-ring (bicyclic) bond motifs is 3. The highest BCUT2D eigenvalue weighted by molar-refractivity contribution is 6.08. The zero-order chi connectivity index (χ0) is 15.7. The van der Waals surface area contributed by atoms with Crippen molar-refractivity contribution in [2.75, 3.05) is 0 Å². The van der Waals surface area contributed by atoms with Crippen molar-refractivity contribution in [1.29, 1.82) is 0 Å². The highest BCUT2D eigenvalue weighted by Gasteiger charge is 2.10. The van der Waals surface area contributed by atoms with Crippen LogP contribution in [0.1, 0.15) is 19.4 Å². The number of esters is 1. The topological polar surface area (TPSA) is 31.2 Å². The second-order valence-electron chi connectivity index (χ2n) is 5.47. The highest BCUT2D eigenvalue weighted by Crippen LogP contribution is 2.29. The lowest BCUT2D eigenvalue weighted by Gasteiger charge is -2.06. The number of rotatable bonds is 4. The first-order valence-electron chi connectivity index (χ1n) is 7.44. The summed E-state index contributed by atoms with van der Waals surface area (Å²) in [7, 11) is 0. The fourth-order valence-corrected chi connectivity index (χ4v) is 2.80. The Morgan fingerprint density at radius 2 is 1.86 bits per heavy atom. The van der Waals surface area contributed by atoms with Gasteiger partial charge in [-0.1, -0.05) is 30.8 Å². The predicted octanol–water partition coefficient (Wildman–Crippen LogP) is 4.43. The minimum Gasteiger partial charge on any atom is -0.457 e. The highest BCUT2D eigenvalue weighted by atomic mass is 16.5. The van der Waals surface area contributed by atoms with Gasteiger partial charge in [0.15, 0.2) is 0 Å². The van der Waals surface area contributed by atoms with E-state index >= 15 is 0 Å². The van der Waals surface area contributed by atoms with Gasteiger partial charge in [0, 0.05) is 33.9 Å². The third-order valence-electron chi connectivity index (χ3n) is 3.87. The van der Waals surface area contributed by atoms with Crippen LogP contribution >= 0.6 is 0 Å². The molecule has 22 heavy (non-hydrogen) atoms. The van der Waals surface area contributed by atoms with Gasteiger partial charge in [0.25, 0.3) is 0 Å². The van der Waals surface area contributed by atoms with Crippen LogP contribution in [-0.4, -0.2) is 10.5 Å². The lowest BCUT2D eigenvalue weighted by molar-refractivity contribution is -0.140. The molecular weight excluding hydrogens is 274 g/mol. The summed E-state index contributed by atoms with van der Waals surface area (Å²) in [6, 6.07) is 14.6.